The van der Waals surface area contributed by atoms with Gasteiger partial charge in [-0.1, -0.05) is 17.7 Å². The van der Waals surface area contributed by atoms with E-state index < -0.39 is 0 Å². The maximum atomic E-state index is 12.6. The van der Waals surface area contributed by atoms with Crippen LogP contribution < -0.4 is 21.2 Å². The SMILES string of the molecule is CCN(CC)c1ccc2c(C)c(CCNC(=O)NCc3cccc(Cl)n3)c(=O)oc2c1. The van der Waals surface area contributed by atoms with Crippen LogP contribution in [0.5, 0.6) is 0 Å². The van der Waals surface area contributed by atoms with E-state index in [4.69, 9.17) is 16.0 Å². The highest BCUT2D eigenvalue weighted by atomic mass is 35.5. The number of nitrogens with one attached hydrogen (secondary N) is 2. The summed E-state index contributed by atoms with van der Waals surface area (Å²) in [6.07, 6.45) is 0.380. The third kappa shape index (κ3) is 5.55. The van der Waals surface area contributed by atoms with Crippen LogP contribution in [0.4, 0.5) is 10.5 Å². The van der Waals surface area contributed by atoms with Crippen LogP contribution in [0.1, 0.15) is 30.7 Å². The zero-order valence-electron chi connectivity index (χ0n) is 18.0. The molecular weight excluding hydrogens is 416 g/mol. The molecule has 8 heteroatoms. The number of anilines is 1. The average molecular weight is 443 g/mol. The van der Waals surface area contributed by atoms with Gasteiger partial charge in [-0.2, -0.15) is 0 Å². The first-order valence-corrected chi connectivity index (χ1v) is 10.7. The van der Waals surface area contributed by atoms with E-state index in [2.05, 4.69) is 34.4 Å². The number of halogens is 1. The summed E-state index contributed by atoms with van der Waals surface area (Å²) in [6, 6.07) is 10.8. The fourth-order valence-electron chi connectivity index (χ4n) is 3.54. The molecule has 2 N–H and O–H groups in total. The van der Waals surface area contributed by atoms with Gasteiger partial charge in [0.1, 0.15) is 10.7 Å². The van der Waals surface area contributed by atoms with Crippen molar-refractivity contribution in [1.29, 1.82) is 0 Å². The second-order valence-corrected chi connectivity index (χ2v) is 7.54. The Morgan fingerprint density at radius 1 is 1.16 bits per heavy atom. The van der Waals surface area contributed by atoms with E-state index in [1.807, 2.05) is 25.1 Å². The molecule has 0 saturated heterocycles. The summed E-state index contributed by atoms with van der Waals surface area (Å²) in [5.74, 6) is 0. The first-order chi connectivity index (χ1) is 14.9. The third-order valence-electron chi connectivity index (χ3n) is 5.26. The molecule has 3 rings (SSSR count). The Hall–Kier alpha value is -3.06. The third-order valence-corrected chi connectivity index (χ3v) is 5.47. The fourth-order valence-corrected chi connectivity index (χ4v) is 3.72. The molecule has 0 fully saturated rings. The maximum Gasteiger partial charge on any atom is 0.339 e. The lowest BCUT2D eigenvalue weighted by Crippen LogP contribution is -2.36. The lowest BCUT2D eigenvalue weighted by molar-refractivity contribution is 0.240. The van der Waals surface area contributed by atoms with E-state index in [9.17, 15) is 9.59 Å². The quantitative estimate of drug-likeness (QED) is 0.406. The minimum atomic E-state index is -0.368. The van der Waals surface area contributed by atoms with Crippen LogP contribution in [-0.4, -0.2) is 30.6 Å². The van der Waals surface area contributed by atoms with Crippen LogP contribution >= 0.6 is 11.6 Å². The van der Waals surface area contributed by atoms with E-state index in [-0.39, 0.29) is 18.2 Å². The molecule has 0 spiro atoms. The van der Waals surface area contributed by atoms with Gasteiger partial charge in [-0.05, 0) is 57.0 Å². The van der Waals surface area contributed by atoms with Crippen LogP contribution in [-0.2, 0) is 13.0 Å². The van der Waals surface area contributed by atoms with Crippen molar-refractivity contribution in [3.63, 3.8) is 0 Å². The zero-order chi connectivity index (χ0) is 22.4. The molecule has 2 aromatic heterocycles. The van der Waals surface area contributed by atoms with Crippen LogP contribution in [0.15, 0.2) is 45.6 Å². The topological polar surface area (TPSA) is 87.5 Å². The Labute approximate surface area is 186 Å². The van der Waals surface area contributed by atoms with Crippen molar-refractivity contribution in [1.82, 2.24) is 15.6 Å². The normalized spacial score (nSPS) is 10.8. The van der Waals surface area contributed by atoms with E-state index in [1.54, 1.807) is 18.2 Å². The van der Waals surface area contributed by atoms with Crippen molar-refractivity contribution in [3.8, 4) is 0 Å². The Morgan fingerprint density at radius 2 is 1.94 bits per heavy atom. The molecule has 2 heterocycles. The number of carbonyl (C=O) groups excluding carboxylic acids is 1. The second kappa shape index (κ2) is 10.3. The number of pyridine rings is 1. The molecule has 0 saturated carbocycles. The van der Waals surface area contributed by atoms with Crippen molar-refractivity contribution >= 4 is 34.3 Å². The van der Waals surface area contributed by atoms with Crippen LogP contribution in [0.25, 0.3) is 11.0 Å². The van der Waals surface area contributed by atoms with Crippen molar-refractivity contribution in [3.05, 3.63) is 68.8 Å². The highest BCUT2D eigenvalue weighted by Gasteiger charge is 2.13. The summed E-state index contributed by atoms with van der Waals surface area (Å²) in [5, 5.41) is 6.76. The van der Waals surface area contributed by atoms with Gasteiger partial charge in [-0.25, -0.2) is 14.6 Å². The first kappa shape index (κ1) is 22.6. The number of hydrogen-bond donors (Lipinski definition) is 2. The van der Waals surface area contributed by atoms with E-state index in [0.717, 1.165) is 29.7 Å². The van der Waals surface area contributed by atoms with E-state index in [0.29, 0.717) is 35.0 Å². The van der Waals surface area contributed by atoms with Crippen LogP contribution in [0.2, 0.25) is 5.15 Å². The molecule has 0 bridgehead atoms. The van der Waals surface area contributed by atoms with Gasteiger partial charge in [0, 0.05) is 42.3 Å². The number of hydrogen-bond acceptors (Lipinski definition) is 5. The van der Waals surface area contributed by atoms with Gasteiger partial charge in [0.2, 0.25) is 0 Å². The Bertz CT molecular complexity index is 1130. The molecule has 31 heavy (non-hydrogen) atoms. The standard InChI is InChI=1S/C23H27ClN4O3/c1-4-28(5-2)17-9-10-18-15(3)19(22(29)31-20(18)13-17)11-12-25-23(30)26-14-16-7-6-8-21(24)27-16/h6-10,13H,4-5,11-12,14H2,1-3H3,(H2,25,26,30). The molecule has 0 aliphatic rings. The maximum absolute atomic E-state index is 12.6. The monoisotopic (exact) mass is 442 g/mol. The lowest BCUT2D eigenvalue weighted by Gasteiger charge is -2.21. The van der Waals surface area contributed by atoms with Gasteiger partial charge in [-0.3, -0.25) is 0 Å². The average Bonchev–Trinajstić information content (AvgIpc) is 2.75. The predicted octanol–water partition coefficient (Wildman–Crippen LogP) is 4.04. The molecule has 164 valence electrons. The molecular formula is C23H27ClN4O3. The number of carbonyl (C=O) groups is 1. The molecule has 0 aliphatic carbocycles. The van der Waals surface area contributed by atoms with E-state index >= 15 is 0 Å². The van der Waals surface area contributed by atoms with Gasteiger partial charge < -0.3 is 20.0 Å². The molecule has 2 amide bonds. The fraction of sp³-hybridized carbons (Fsp3) is 0.348. The zero-order valence-corrected chi connectivity index (χ0v) is 18.8. The number of amides is 2. The molecule has 3 aromatic rings. The number of nitrogens with zero attached hydrogens (tertiary/aromatic N) is 2. The summed E-state index contributed by atoms with van der Waals surface area (Å²) in [6.45, 7) is 8.42. The largest absolute Gasteiger partial charge is 0.422 e. The molecule has 0 aliphatic heterocycles. The number of urea groups is 1. The summed E-state index contributed by atoms with van der Waals surface area (Å²) in [7, 11) is 0. The first-order valence-electron chi connectivity index (χ1n) is 10.4. The molecule has 7 nitrogen and oxygen atoms in total. The van der Waals surface area contributed by atoms with Crippen LogP contribution in [0.3, 0.4) is 0 Å². The number of aromatic nitrogens is 1. The van der Waals surface area contributed by atoms with Crippen molar-refractivity contribution in [2.45, 2.75) is 33.7 Å². The van der Waals surface area contributed by atoms with Gasteiger partial charge in [0.15, 0.2) is 0 Å². The van der Waals surface area contributed by atoms with Gasteiger partial charge in [0.05, 0.1) is 12.2 Å². The molecule has 1 aromatic carbocycles. The van der Waals surface area contributed by atoms with E-state index in [1.165, 1.54) is 0 Å². The minimum absolute atomic E-state index is 0.262. The summed E-state index contributed by atoms with van der Waals surface area (Å²) >= 11 is 5.84. The molecule has 0 atom stereocenters. The van der Waals surface area contributed by atoms with Crippen molar-refractivity contribution in [2.75, 3.05) is 24.5 Å². The van der Waals surface area contributed by atoms with Crippen molar-refractivity contribution < 1.29 is 9.21 Å². The summed E-state index contributed by atoms with van der Waals surface area (Å²) in [4.78, 5) is 30.9. The number of benzene rings is 1. The predicted molar refractivity (Wildman–Crippen MR) is 124 cm³/mol. The number of rotatable bonds is 8. The van der Waals surface area contributed by atoms with Gasteiger partial charge in [-0.15, -0.1) is 0 Å². The second-order valence-electron chi connectivity index (χ2n) is 7.16. The Balaban J connectivity index is 1.64. The summed E-state index contributed by atoms with van der Waals surface area (Å²) in [5.41, 5.74) is 3.35. The molecule has 0 unspecified atom stereocenters. The van der Waals surface area contributed by atoms with Gasteiger partial charge in [0.25, 0.3) is 0 Å². The lowest BCUT2D eigenvalue weighted by atomic mass is 10.0. The highest BCUT2D eigenvalue weighted by Crippen LogP contribution is 2.25. The summed E-state index contributed by atoms with van der Waals surface area (Å²) < 4.78 is 5.60. The van der Waals surface area contributed by atoms with Crippen molar-refractivity contribution in [2.24, 2.45) is 0 Å². The van der Waals surface area contributed by atoms with Gasteiger partial charge >= 0.3 is 11.7 Å². The highest BCUT2D eigenvalue weighted by molar-refractivity contribution is 6.29. The minimum Gasteiger partial charge on any atom is -0.422 e. The van der Waals surface area contributed by atoms with Crippen LogP contribution in [0, 0.1) is 6.92 Å². The Kier molecular flexibility index (Phi) is 7.52. The number of fused-ring (bicyclic) bond motifs is 1. The number of aryl methyl sites for hydroxylation is 1. The smallest absolute Gasteiger partial charge is 0.339 e. The Morgan fingerprint density at radius 3 is 2.65 bits per heavy atom. The molecule has 0 radical (unpaired) electrons.